The first-order valence-electron chi connectivity index (χ1n) is 8.04. The lowest BCUT2D eigenvalue weighted by Crippen LogP contribution is -2.31. The van der Waals surface area contributed by atoms with E-state index in [9.17, 15) is 0 Å². The summed E-state index contributed by atoms with van der Waals surface area (Å²) in [4.78, 5) is 0. The summed E-state index contributed by atoms with van der Waals surface area (Å²) in [5, 5.41) is 4.57. The normalized spacial score (nSPS) is 23.2. The van der Waals surface area contributed by atoms with Crippen molar-refractivity contribution in [3.8, 4) is 0 Å². The fraction of sp³-hybridized carbons (Fsp3) is 0.667. The molecular formula is C18H28ClN. The molecule has 0 saturated heterocycles. The van der Waals surface area contributed by atoms with Crippen molar-refractivity contribution in [2.75, 3.05) is 13.1 Å². The molecule has 1 fully saturated rings. The minimum absolute atomic E-state index is 0.682. The Morgan fingerprint density at radius 1 is 1.25 bits per heavy atom. The number of nitrogens with one attached hydrogen (secondary N) is 1. The predicted molar refractivity (Wildman–Crippen MR) is 88.6 cm³/mol. The minimum Gasteiger partial charge on any atom is -0.316 e. The van der Waals surface area contributed by atoms with Crippen LogP contribution in [-0.4, -0.2) is 13.1 Å². The highest BCUT2D eigenvalue weighted by Crippen LogP contribution is 2.38. The van der Waals surface area contributed by atoms with Crippen molar-refractivity contribution in [1.82, 2.24) is 5.32 Å². The quantitative estimate of drug-likeness (QED) is 0.790. The summed E-state index contributed by atoms with van der Waals surface area (Å²) in [6.07, 6.45) is 5.40. The van der Waals surface area contributed by atoms with Crippen LogP contribution in [0.15, 0.2) is 18.2 Å². The third-order valence-corrected chi connectivity index (χ3v) is 4.90. The maximum atomic E-state index is 6.31. The van der Waals surface area contributed by atoms with Gasteiger partial charge in [-0.1, -0.05) is 50.4 Å². The topological polar surface area (TPSA) is 12.0 Å². The summed E-state index contributed by atoms with van der Waals surface area (Å²) in [7, 11) is 0. The second kappa shape index (κ2) is 7.47. The van der Waals surface area contributed by atoms with E-state index in [0.717, 1.165) is 29.9 Å². The Kier molecular flexibility index (Phi) is 5.92. The van der Waals surface area contributed by atoms with Crippen LogP contribution < -0.4 is 5.32 Å². The maximum absolute atomic E-state index is 6.31. The van der Waals surface area contributed by atoms with Crippen LogP contribution >= 0.6 is 11.6 Å². The molecule has 1 saturated carbocycles. The van der Waals surface area contributed by atoms with Crippen molar-refractivity contribution in [3.05, 3.63) is 34.3 Å². The molecule has 2 heteroatoms. The van der Waals surface area contributed by atoms with Crippen molar-refractivity contribution in [3.63, 3.8) is 0 Å². The van der Waals surface area contributed by atoms with Crippen LogP contribution in [0.5, 0.6) is 0 Å². The molecular weight excluding hydrogens is 266 g/mol. The van der Waals surface area contributed by atoms with Crippen LogP contribution in [0.4, 0.5) is 0 Å². The van der Waals surface area contributed by atoms with E-state index in [0.29, 0.717) is 5.92 Å². The molecule has 0 aliphatic heterocycles. The molecule has 0 heterocycles. The molecule has 0 aromatic heterocycles. The number of hydrogen-bond donors (Lipinski definition) is 1. The lowest BCUT2D eigenvalue weighted by atomic mass is 9.75. The maximum Gasteiger partial charge on any atom is 0.0438 e. The van der Waals surface area contributed by atoms with E-state index in [1.807, 2.05) is 0 Å². The lowest BCUT2D eigenvalue weighted by Gasteiger charge is -2.32. The van der Waals surface area contributed by atoms with Crippen LogP contribution in [0.3, 0.4) is 0 Å². The molecule has 2 unspecified atom stereocenters. The SMILES string of the molecule is Cc1ccc(C2CCCCC2CNCC(C)C)cc1Cl. The first kappa shape index (κ1) is 15.9. The van der Waals surface area contributed by atoms with Crippen molar-refractivity contribution in [2.45, 2.75) is 52.4 Å². The Morgan fingerprint density at radius 2 is 2.00 bits per heavy atom. The Morgan fingerprint density at radius 3 is 2.70 bits per heavy atom. The molecule has 2 atom stereocenters. The van der Waals surface area contributed by atoms with Crippen molar-refractivity contribution >= 4 is 11.6 Å². The zero-order valence-electron chi connectivity index (χ0n) is 13.1. The third-order valence-electron chi connectivity index (χ3n) is 4.49. The van der Waals surface area contributed by atoms with Crippen LogP contribution in [0.1, 0.15) is 56.6 Å². The van der Waals surface area contributed by atoms with Gasteiger partial charge in [-0.15, -0.1) is 0 Å². The van der Waals surface area contributed by atoms with E-state index in [2.05, 4.69) is 44.3 Å². The first-order chi connectivity index (χ1) is 9.58. The monoisotopic (exact) mass is 293 g/mol. The van der Waals surface area contributed by atoms with Crippen LogP contribution in [0.25, 0.3) is 0 Å². The lowest BCUT2D eigenvalue weighted by molar-refractivity contribution is 0.292. The molecule has 0 amide bonds. The molecule has 1 aliphatic carbocycles. The molecule has 0 spiro atoms. The van der Waals surface area contributed by atoms with Gasteiger partial charge in [-0.2, -0.15) is 0 Å². The molecule has 1 nitrogen and oxygen atoms in total. The van der Waals surface area contributed by atoms with Crippen LogP contribution in [-0.2, 0) is 0 Å². The van der Waals surface area contributed by atoms with Crippen molar-refractivity contribution in [1.29, 1.82) is 0 Å². The molecule has 20 heavy (non-hydrogen) atoms. The van der Waals surface area contributed by atoms with Crippen molar-refractivity contribution in [2.24, 2.45) is 11.8 Å². The third kappa shape index (κ3) is 4.23. The van der Waals surface area contributed by atoms with Gasteiger partial charge < -0.3 is 5.32 Å². The van der Waals surface area contributed by atoms with Gasteiger partial charge in [-0.05, 0) is 67.8 Å². The average Bonchev–Trinajstić information content (AvgIpc) is 2.42. The number of hydrogen-bond acceptors (Lipinski definition) is 1. The van der Waals surface area contributed by atoms with Gasteiger partial charge in [-0.25, -0.2) is 0 Å². The fourth-order valence-corrected chi connectivity index (χ4v) is 3.48. The number of aryl methyl sites for hydroxylation is 1. The summed E-state index contributed by atoms with van der Waals surface area (Å²) in [6, 6.07) is 6.65. The van der Waals surface area contributed by atoms with Gasteiger partial charge in [0.1, 0.15) is 0 Å². The fourth-order valence-electron chi connectivity index (χ4n) is 3.29. The van der Waals surface area contributed by atoms with Crippen molar-refractivity contribution < 1.29 is 0 Å². The van der Waals surface area contributed by atoms with Crippen LogP contribution in [0.2, 0.25) is 5.02 Å². The van der Waals surface area contributed by atoms with E-state index >= 15 is 0 Å². The summed E-state index contributed by atoms with van der Waals surface area (Å²) in [5.74, 6) is 2.17. The van der Waals surface area contributed by atoms with E-state index in [-0.39, 0.29) is 0 Å². The molecule has 1 N–H and O–H groups in total. The highest BCUT2D eigenvalue weighted by atomic mass is 35.5. The van der Waals surface area contributed by atoms with E-state index in [4.69, 9.17) is 11.6 Å². The molecule has 1 aromatic carbocycles. The van der Waals surface area contributed by atoms with E-state index in [1.54, 1.807) is 0 Å². The van der Waals surface area contributed by atoms with Gasteiger partial charge in [0, 0.05) is 5.02 Å². The molecule has 0 bridgehead atoms. The van der Waals surface area contributed by atoms with Gasteiger partial charge in [0.05, 0.1) is 0 Å². The largest absolute Gasteiger partial charge is 0.316 e. The van der Waals surface area contributed by atoms with Gasteiger partial charge in [-0.3, -0.25) is 0 Å². The Labute approximate surface area is 129 Å². The second-order valence-corrected chi connectivity index (χ2v) is 7.12. The number of benzene rings is 1. The standard InChI is InChI=1S/C18H28ClN/c1-13(2)11-20-12-16-6-4-5-7-17(16)15-9-8-14(3)18(19)10-15/h8-10,13,16-17,20H,4-7,11-12H2,1-3H3. The van der Waals surface area contributed by atoms with Gasteiger partial charge in [0.2, 0.25) is 0 Å². The minimum atomic E-state index is 0.682. The molecule has 112 valence electrons. The van der Waals surface area contributed by atoms with Crippen LogP contribution in [0, 0.1) is 18.8 Å². The van der Waals surface area contributed by atoms with E-state index in [1.165, 1.54) is 36.8 Å². The summed E-state index contributed by atoms with van der Waals surface area (Å²) in [6.45, 7) is 8.89. The Balaban J connectivity index is 2.03. The smallest absolute Gasteiger partial charge is 0.0438 e. The number of rotatable bonds is 5. The molecule has 1 aliphatic rings. The number of halogens is 1. The molecule has 0 radical (unpaired) electrons. The molecule has 2 rings (SSSR count). The average molecular weight is 294 g/mol. The first-order valence-corrected chi connectivity index (χ1v) is 8.42. The highest BCUT2D eigenvalue weighted by Gasteiger charge is 2.26. The van der Waals surface area contributed by atoms with E-state index < -0.39 is 0 Å². The summed E-state index contributed by atoms with van der Waals surface area (Å²) in [5.41, 5.74) is 2.62. The van der Waals surface area contributed by atoms with Gasteiger partial charge in [0.25, 0.3) is 0 Å². The predicted octanol–water partition coefficient (Wildman–Crippen LogP) is 5.17. The summed E-state index contributed by atoms with van der Waals surface area (Å²) >= 11 is 6.31. The highest BCUT2D eigenvalue weighted by molar-refractivity contribution is 6.31. The Hall–Kier alpha value is -0.530. The molecule has 1 aromatic rings. The Bertz CT molecular complexity index is 427. The summed E-state index contributed by atoms with van der Waals surface area (Å²) < 4.78 is 0. The zero-order valence-corrected chi connectivity index (χ0v) is 13.8. The second-order valence-electron chi connectivity index (χ2n) is 6.71. The zero-order chi connectivity index (χ0) is 14.5. The van der Waals surface area contributed by atoms with Gasteiger partial charge in [0.15, 0.2) is 0 Å². The van der Waals surface area contributed by atoms with Gasteiger partial charge >= 0.3 is 0 Å².